The number of aryl methyl sites for hydroxylation is 1. The van der Waals surface area contributed by atoms with Crippen LogP contribution >= 0.6 is 11.3 Å². The average molecular weight is 210 g/mol. The van der Waals surface area contributed by atoms with Crippen LogP contribution < -0.4 is 5.32 Å². The quantitative estimate of drug-likeness (QED) is 0.826. The van der Waals surface area contributed by atoms with Crippen LogP contribution in [0.15, 0.2) is 5.38 Å². The number of rotatable bonds is 4. The van der Waals surface area contributed by atoms with Gasteiger partial charge in [-0.1, -0.05) is 13.3 Å². The summed E-state index contributed by atoms with van der Waals surface area (Å²) in [5, 5.41) is 7.08. The number of thiazole rings is 1. The molecule has 1 atom stereocenters. The van der Waals surface area contributed by atoms with Crippen LogP contribution in [0.25, 0.3) is 0 Å². The summed E-state index contributed by atoms with van der Waals surface area (Å²) in [5.74, 6) is 0. The molecule has 0 radical (unpaired) electrons. The minimum absolute atomic E-state index is 0.485. The zero-order valence-corrected chi connectivity index (χ0v) is 9.73. The van der Waals surface area contributed by atoms with E-state index in [4.69, 9.17) is 0 Å². The fourth-order valence-corrected chi connectivity index (χ4v) is 2.70. The van der Waals surface area contributed by atoms with Crippen molar-refractivity contribution in [2.24, 2.45) is 0 Å². The van der Waals surface area contributed by atoms with Gasteiger partial charge in [0, 0.05) is 17.1 Å². The van der Waals surface area contributed by atoms with E-state index < -0.39 is 0 Å². The second-order valence-corrected chi connectivity index (χ2v) is 4.97. The highest BCUT2D eigenvalue weighted by molar-refractivity contribution is 7.09. The highest BCUT2D eigenvalue weighted by atomic mass is 32.1. The molecular weight excluding hydrogens is 192 g/mol. The molecule has 0 spiro atoms. The van der Waals surface area contributed by atoms with Gasteiger partial charge in [-0.3, -0.25) is 0 Å². The van der Waals surface area contributed by atoms with Gasteiger partial charge in [0.2, 0.25) is 0 Å². The number of nitrogens with zero attached hydrogens (tertiary/aromatic N) is 1. The van der Waals surface area contributed by atoms with Crippen LogP contribution in [-0.4, -0.2) is 11.0 Å². The van der Waals surface area contributed by atoms with E-state index in [9.17, 15) is 0 Å². The van der Waals surface area contributed by atoms with E-state index in [-0.39, 0.29) is 0 Å². The lowest BCUT2D eigenvalue weighted by molar-refractivity contribution is 0.301. The van der Waals surface area contributed by atoms with E-state index in [0.29, 0.717) is 6.04 Å². The SMILES string of the molecule is CCC(NC1CCC1)c1nc(C)cs1. The van der Waals surface area contributed by atoms with Crippen LogP contribution in [0, 0.1) is 6.92 Å². The van der Waals surface area contributed by atoms with Crippen molar-refractivity contribution in [1.82, 2.24) is 10.3 Å². The summed E-state index contributed by atoms with van der Waals surface area (Å²) < 4.78 is 0. The topological polar surface area (TPSA) is 24.9 Å². The molecule has 2 rings (SSSR count). The summed E-state index contributed by atoms with van der Waals surface area (Å²) in [5.41, 5.74) is 1.15. The predicted molar refractivity (Wildman–Crippen MR) is 60.7 cm³/mol. The van der Waals surface area contributed by atoms with Crippen molar-refractivity contribution in [2.45, 2.75) is 51.6 Å². The standard InChI is InChI=1S/C11H18N2S/c1-3-10(13-9-5-4-6-9)11-12-8(2)7-14-11/h7,9-10,13H,3-6H2,1-2H3. The van der Waals surface area contributed by atoms with Crippen LogP contribution in [-0.2, 0) is 0 Å². The molecule has 1 aliphatic rings. The minimum atomic E-state index is 0.485. The van der Waals surface area contributed by atoms with Gasteiger partial charge in [0.05, 0.1) is 6.04 Å². The summed E-state index contributed by atoms with van der Waals surface area (Å²) in [7, 11) is 0. The summed E-state index contributed by atoms with van der Waals surface area (Å²) in [6.07, 6.45) is 5.23. The second-order valence-electron chi connectivity index (χ2n) is 4.08. The Morgan fingerprint density at radius 1 is 1.64 bits per heavy atom. The van der Waals surface area contributed by atoms with Crippen molar-refractivity contribution in [3.8, 4) is 0 Å². The van der Waals surface area contributed by atoms with E-state index in [2.05, 4.69) is 29.5 Å². The smallest absolute Gasteiger partial charge is 0.110 e. The molecule has 1 N–H and O–H groups in total. The van der Waals surface area contributed by atoms with Crippen molar-refractivity contribution in [1.29, 1.82) is 0 Å². The molecule has 14 heavy (non-hydrogen) atoms. The maximum atomic E-state index is 4.55. The van der Waals surface area contributed by atoms with E-state index in [1.807, 2.05) is 0 Å². The van der Waals surface area contributed by atoms with Gasteiger partial charge >= 0.3 is 0 Å². The van der Waals surface area contributed by atoms with Gasteiger partial charge in [-0.2, -0.15) is 0 Å². The molecule has 1 aromatic rings. The number of nitrogens with one attached hydrogen (secondary N) is 1. The summed E-state index contributed by atoms with van der Waals surface area (Å²) in [6.45, 7) is 4.29. The van der Waals surface area contributed by atoms with Crippen LogP contribution in [0.1, 0.15) is 49.4 Å². The van der Waals surface area contributed by atoms with E-state index >= 15 is 0 Å². The third-order valence-electron chi connectivity index (χ3n) is 2.89. The van der Waals surface area contributed by atoms with Gasteiger partial charge in [0.15, 0.2) is 0 Å². The van der Waals surface area contributed by atoms with Crippen molar-refractivity contribution in [3.63, 3.8) is 0 Å². The van der Waals surface area contributed by atoms with Crippen LogP contribution in [0.5, 0.6) is 0 Å². The highest BCUT2D eigenvalue weighted by Crippen LogP contribution is 2.26. The highest BCUT2D eigenvalue weighted by Gasteiger charge is 2.22. The Kier molecular flexibility index (Phi) is 3.19. The molecule has 1 aromatic heterocycles. The summed E-state index contributed by atoms with van der Waals surface area (Å²) in [6, 6.07) is 1.24. The number of hydrogen-bond donors (Lipinski definition) is 1. The Hall–Kier alpha value is -0.410. The van der Waals surface area contributed by atoms with Crippen molar-refractivity contribution >= 4 is 11.3 Å². The first-order valence-corrected chi connectivity index (χ1v) is 6.35. The van der Waals surface area contributed by atoms with Crippen LogP contribution in [0.2, 0.25) is 0 Å². The van der Waals surface area contributed by atoms with Gasteiger partial charge in [-0.15, -0.1) is 11.3 Å². The average Bonchev–Trinajstić information content (AvgIpc) is 2.50. The molecule has 1 aliphatic carbocycles. The molecule has 2 nitrogen and oxygen atoms in total. The Bertz CT molecular complexity index is 291. The fraction of sp³-hybridized carbons (Fsp3) is 0.727. The van der Waals surface area contributed by atoms with Gasteiger partial charge in [0.1, 0.15) is 5.01 Å². The zero-order chi connectivity index (χ0) is 9.97. The normalized spacial score (nSPS) is 19.3. The second kappa shape index (κ2) is 4.41. The Labute approximate surface area is 89.8 Å². The van der Waals surface area contributed by atoms with Gasteiger partial charge < -0.3 is 5.32 Å². The number of hydrogen-bond acceptors (Lipinski definition) is 3. The van der Waals surface area contributed by atoms with Gasteiger partial charge in [-0.25, -0.2) is 4.98 Å². The largest absolute Gasteiger partial charge is 0.305 e. The lowest BCUT2D eigenvalue weighted by Gasteiger charge is -2.30. The first-order chi connectivity index (χ1) is 6.79. The molecule has 1 unspecified atom stereocenters. The molecule has 0 aliphatic heterocycles. The zero-order valence-electron chi connectivity index (χ0n) is 8.92. The van der Waals surface area contributed by atoms with Crippen LogP contribution in [0.4, 0.5) is 0 Å². The van der Waals surface area contributed by atoms with E-state index in [0.717, 1.165) is 18.2 Å². The fourth-order valence-electron chi connectivity index (χ4n) is 1.76. The molecule has 1 saturated carbocycles. The first kappa shape index (κ1) is 10.1. The van der Waals surface area contributed by atoms with Gasteiger partial charge in [-0.05, 0) is 26.2 Å². The Morgan fingerprint density at radius 2 is 2.43 bits per heavy atom. The molecule has 3 heteroatoms. The molecule has 0 bridgehead atoms. The molecule has 1 fully saturated rings. The monoisotopic (exact) mass is 210 g/mol. The molecule has 0 amide bonds. The Balaban J connectivity index is 1.97. The van der Waals surface area contributed by atoms with Crippen LogP contribution in [0.3, 0.4) is 0 Å². The third-order valence-corrected chi connectivity index (χ3v) is 3.96. The summed E-state index contributed by atoms with van der Waals surface area (Å²) in [4.78, 5) is 4.55. The molecule has 0 saturated heterocycles. The lowest BCUT2D eigenvalue weighted by atomic mass is 9.92. The minimum Gasteiger partial charge on any atom is -0.305 e. The van der Waals surface area contributed by atoms with Crippen molar-refractivity contribution in [2.75, 3.05) is 0 Å². The first-order valence-electron chi connectivity index (χ1n) is 5.47. The predicted octanol–water partition coefficient (Wildman–Crippen LogP) is 3.04. The summed E-state index contributed by atoms with van der Waals surface area (Å²) >= 11 is 1.79. The maximum Gasteiger partial charge on any atom is 0.110 e. The number of aromatic nitrogens is 1. The molecule has 1 heterocycles. The van der Waals surface area contributed by atoms with Crippen molar-refractivity contribution < 1.29 is 0 Å². The maximum absolute atomic E-state index is 4.55. The van der Waals surface area contributed by atoms with E-state index in [1.54, 1.807) is 11.3 Å². The van der Waals surface area contributed by atoms with Gasteiger partial charge in [0.25, 0.3) is 0 Å². The van der Waals surface area contributed by atoms with Crippen molar-refractivity contribution in [3.05, 3.63) is 16.1 Å². The molecule has 0 aromatic carbocycles. The molecular formula is C11H18N2S. The Morgan fingerprint density at radius 3 is 2.86 bits per heavy atom. The van der Waals surface area contributed by atoms with E-state index in [1.165, 1.54) is 24.3 Å². The lowest BCUT2D eigenvalue weighted by Crippen LogP contribution is -2.37. The molecule has 78 valence electrons. The third kappa shape index (κ3) is 2.15.